The number of hydrogen-bond acceptors (Lipinski definition) is 3. The van der Waals surface area contributed by atoms with Crippen LogP contribution in [0.25, 0.3) is 0 Å². The lowest BCUT2D eigenvalue weighted by Crippen LogP contribution is -2.13. The largest absolute Gasteiger partial charge is 0.462 e. The fourth-order valence-electron chi connectivity index (χ4n) is 1.92. The molecule has 0 aromatic heterocycles. The third-order valence-electron chi connectivity index (χ3n) is 3.19. The molecule has 0 fully saturated rings. The van der Waals surface area contributed by atoms with E-state index in [0.717, 1.165) is 17.3 Å². The predicted molar refractivity (Wildman–Crippen MR) is 93.7 cm³/mol. The van der Waals surface area contributed by atoms with E-state index >= 15 is 0 Å². The maximum atomic E-state index is 12.2. The van der Waals surface area contributed by atoms with E-state index in [1.165, 1.54) is 0 Å². The van der Waals surface area contributed by atoms with E-state index in [-0.39, 0.29) is 11.9 Å². The van der Waals surface area contributed by atoms with Crippen molar-refractivity contribution in [3.05, 3.63) is 64.1 Å². The van der Waals surface area contributed by atoms with Gasteiger partial charge in [0, 0.05) is 15.7 Å². The first kappa shape index (κ1) is 17.2. The van der Waals surface area contributed by atoms with Gasteiger partial charge in [0.15, 0.2) is 0 Å². The maximum Gasteiger partial charge on any atom is 0.338 e. The van der Waals surface area contributed by atoms with E-state index in [1.54, 1.807) is 48.5 Å². The third kappa shape index (κ3) is 5.21. The average Bonchev–Trinajstić information content (AvgIpc) is 2.56. The summed E-state index contributed by atoms with van der Waals surface area (Å²) in [5, 5.41) is 2.78. The molecule has 0 atom stereocenters. The van der Waals surface area contributed by atoms with Crippen LogP contribution in [0.1, 0.15) is 40.5 Å². The zero-order valence-corrected chi connectivity index (χ0v) is 14.4. The van der Waals surface area contributed by atoms with Crippen molar-refractivity contribution >= 4 is 33.5 Å². The highest BCUT2D eigenvalue weighted by atomic mass is 79.9. The van der Waals surface area contributed by atoms with Crippen LogP contribution in [0.15, 0.2) is 53.0 Å². The van der Waals surface area contributed by atoms with Crippen molar-refractivity contribution in [2.75, 3.05) is 11.9 Å². The first-order valence-corrected chi connectivity index (χ1v) is 8.23. The van der Waals surface area contributed by atoms with Gasteiger partial charge in [-0.2, -0.15) is 0 Å². The minimum Gasteiger partial charge on any atom is -0.462 e. The number of hydrogen-bond donors (Lipinski definition) is 1. The molecule has 0 aliphatic rings. The van der Waals surface area contributed by atoms with Gasteiger partial charge in [-0.25, -0.2) is 4.79 Å². The van der Waals surface area contributed by atoms with Crippen LogP contribution >= 0.6 is 15.9 Å². The standard InChI is InChI=1S/C18H18BrNO3/c1-2-3-11-23-18(22)14-5-4-6-16(12-14)20-17(21)13-7-9-15(19)10-8-13/h4-10,12H,2-3,11H2,1H3,(H,20,21). The van der Waals surface area contributed by atoms with Crippen LogP contribution in [0, 0.1) is 0 Å². The molecule has 2 aromatic carbocycles. The summed E-state index contributed by atoms with van der Waals surface area (Å²) < 4.78 is 6.08. The van der Waals surface area contributed by atoms with Crippen molar-refractivity contribution in [3.63, 3.8) is 0 Å². The Morgan fingerprint density at radius 1 is 1.09 bits per heavy atom. The van der Waals surface area contributed by atoms with E-state index < -0.39 is 0 Å². The third-order valence-corrected chi connectivity index (χ3v) is 3.72. The van der Waals surface area contributed by atoms with Crippen LogP contribution in [0.2, 0.25) is 0 Å². The van der Waals surface area contributed by atoms with Crippen LogP contribution in [-0.2, 0) is 4.74 Å². The normalized spacial score (nSPS) is 10.2. The van der Waals surface area contributed by atoms with E-state index in [9.17, 15) is 9.59 Å². The summed E-state index contributed by atoms with van der Waals surface area (Å²) in [6, 6.07) is 13.8. The first-order chi connectivity index (χ1) is 11.1. The minimum absolute atomic E-state index is 0.228. The highest BCUT2D eigenvalue weighted by molar-refractivity contribution is 9.10. The van der Waals surface area contributed by atoms with Gasteiger partial charge < -0.3 is 10.1 Å². The second kappa shape index (κ2) is 8.48. The number of nitrogens with one attached hydrogen (secondary N) is 1. The Kier molecular flexibility index (Phi) is 6.35. The lowest BCUT2D eigenvalue weighted by atomic mass is 10.1. The van der Waals surface area contributed by atoms with Crippen LogP contribution in [0.5, 0.6) is 0 Å². The monoisotopic (exact) mass is 375 g/mol. The van der Waals surface area contributed by atoms with E-state index in [2.05, 4.69) is 21.2 Å². The molecular weight excluding hydrogens is 358 g/mol. The Labute approximate surface area is 144 Å². The van der Waals surface area contributed by atoms with Gasteiger partial charge in [0.1, 0.15) is 0 Å². The molecule has 1 amide bonds. The van der Waals surface area contributed by atoms with Crippen LogP contribution in [0.3, 0.4) is 0 Å². The molecule has 23 heavy (non-hydrogen) atoms. The molecule has 4 nitrogen and oxygen atoms in total. The Morgan fingerprint density at radius 2 is 1.83 bits per heavy atom. The van der Waals surface area contributed by atoms with Crippen molar-refractivity contribution < 1.29 is 14.3 Å². The molecule has 0 aliphatic carbocycles. The summed E-state index contributed by atoms with van der Waals surface area (Å²) in [6.07, 6.45) is 1.81. The highest BCUT2D eigenvalue weighted by Gasteiger charge is 2.10. The van der Waals surface area contributed by atoms with Crippen molar-refractivity contribution in [2.24, 2.45) is 0 Å². The highest BCUT2D eigenvalue weighted by Crippen LogP contribution is 2.15. The van der Waals surface area contributed by atoms with Gasteiger partial charge in [-0.3, -0.25) is 4.79 Å². The summed E-state index contributed by atoms with van der Waals surface area (Å²) in [5.74, 6) is -0.604. The Bertz CT molecular complexity index is 683. The number of carbonyl (C=O) groups excluding carboxylic acids is 2. The van der Waals surface area contributed by atoms with Gasteiger partial charge in [-0.15, -0.1) is 0 Å². The number of benzene rings is 2. The Hall–Kier alpha value is -2.14. The Morgan fingerprint density at radius 3 is 2.52 bits per heavy atom. The van der Waals surface area contributed by atoms with Crippen LogP contribution in [-0.4, -0.2) is 18.5 Å². The number of rotatable bonds is 6. The second-order valence-corrected chi connectivity index (χ2v) is 5.95. The summed E-state index contributed by atoms with van der Waals surface area (Å²) in [4.78, 5) is 24.1. The molecule has 120 valence electrons. The maximum absolute atomic E-state index is 12.2. The fourth-order valence-corrected chi connectivity index (χ4v) is 2.19. The number of carbonyl (C=O) groups is 2. The number of anilines is 1. The SMILES string of the molecule is CCCCOC(=O)c1cccc(NC(=O)c2ccc(Br)cc2)c1. The number of ether oxygens (including phenoxy) is 1. The summed E-state index contributed by atoms with van der Waals surface area (Å²) >= 11 is 3.33. The van der Waals surface area contributed by atoms with Crippen LogP contribution in [0.4, 0.5) is 5.69 Å². The lowest BCUT2D eigenvalue weighted by molar-refractivity contribution is 0.0499. The van der Waals surface area contributed by atoms with Crippen LogP contribution < -0.4 is 5.32 Å². The van der Waals surface area contributed by atoms with Crippen molar-refractivity contribution in [1.29, 1.82) is 0 Å². The molecule has 0 heterocycles. The Balaban J connectivity index is 2.03. The summed E-state index contributed by atoms with van der Waals surface area (Å²) in [5.41, 5.74) is 1.53. The zero-order chi connectivity index (χ0) is 16.7. The van der Waals surface area contributed by atoms with Gasteiger partial charge in [-0.05, 0) is 48.9 Å². The molecule has 0 unspecified atom stereocenters. The molecule has 0 aliphatic heterocycles. The first-order valence-electron chi connectivity index (χ1n) is 7.44. The molecule has 0 saturated carbocycles. The fraction of sp³-hybridized carbons (Fsp3) is 0.222. The van der Waals surface area contributed by atoms with Gasteiger partial charge in [-0.1, -0.05) is 35.3 Å². The lowest BCUT2D eigenvalue weighted by Gasteiger charge is -2.08. The molecule has 1 N–H and O–H groups in total. The molecule has 0 saturated heterocycles. The number of halogens is 1. The van der Waals surface area contributed by atoms with E-state index in [1.807, 2.05) is 6.92 Å². The number of unbranched alkanes of at least 4 members (excludes halogenated alkanes) is 1. The van der Waals surface area contributed by atoms with Gasteiger partial charge in [0.2, 0.25) is 0 Å². The summed E-state index contributed by atoms with van der Waals surface area (Å²) in [6.45, 7) is 2.44. The number of esters is 1. The van der Waals surface area contributed by atoms with E-state index in [4.69, 9.17) is 4.74 Å². The molecule has 0 bridgehead atoms. The average molecular weight is 376 g/mol. The predicted octanol–water partition coefficient (Wildman–Crippen LogP) is 4.66. The van der Waals surface area contributed by atoms with E-state index in [0.29, 0.717) is 23.4 Å². The molecule has 2 aromatic rings. The van der Waals surface area contributed by atoms with Gasteiger partial charge in [0.25, 0.3) is 5.91 Å². The molecule has 2 rings (SSSR count). The number of amides is 1. The molecule has 0 radical (unpaired) electrons. The smallest absolute Gasteiger partial charge is 0.338 e. The van der Waals surface area contributed by atoms with Gasteiger partial charge >= 0.3 is 5.97 Å². The van der Waals surface area contributed by atoms with Crippen molar-refractivity contribution in [3.8, 4) is 0 Å². The molecule has 0 spiro atoms. The topological polar surface area (TPSA) is 55.4 Å². The van der Waals surface area contributed by atoms with Gasteiger partial charge in [0.05, 0.1) is 12.2 Å². The molecule has 5 heteroatoms. The zero-order valence-electron chi connectivity index (χ0n) is 12.8. The summed E-state index contributed by atoms with van der Waals surface area (Å²) in [7, 11) is 0. The second-order valence-electron chi connectivity index (χ2n) is 5.03. The minimum atomic E-state index is -0.377. The molecular formula is C18H18BrNO3. The van der Waals surface area contributed by atoms with Crippen molar-refractivity contribution in [2.45, 2.75) is 19.8 Å². The quantitative estimate of drug-likeness (QED) is 0.589. The van der Waals surface area contributed by atoms with Crippen molar-refractivity contribution in [1.82, 2.24) is 0 Å².